The Morgan fingerprint density at radius 1 is 1.30 bits per heavy atom. The van der Waals surface area contributed by atoms with E-state index in [2.05, 4.69) is 26.2 Å². The van der Waals surface area contributed by atoms with Gasteiger partial charge in [-0.2, -0.15) is 0 Å². The molecule has 8 heteroatoms. The Labute approximate surface area is 165 Å². The van der Waals surface area contributed by atoms with Crippen LogP contribution in [0.5, 0.6) is 0 Å². The van der Waals surface area contributed by atoms with Gasteiger partial charge < -0.3 is 10.1 Å². The van der Waals surface area contributed by atoms with Gasteiger partial charge in [-0.3, -0.25) is 14.2 Å². The third-order valence-corrected chi connectivity index (χ3v) is 5.35. The van der Waals surface area contributed by atoms with Gasteiger partial charge in [0, 0.05) is 4.47 Å². The van der Waals surface area contributed by atoms with Crippen LogP contribution in [0.15, 0.2) is 33.8 Å². The van der Waals surface area contributed by atoms with Gasteiger partial charge in [-0.05, 0) is 38.0 Å². The van der Waals surface area contributed by atoms with E-state index < -0.39 is 17.4 Å². The number of esters is 1. The lowest BCUT2D eigenvalue weighted by Gasteiger charge is -2.35. The molecule has 3 rings (SSSR count). The van der Waals surface area contributed by atoms with Gasteiger partial charge in [0.2, 0.25) is 5.91 Å². The molecule has 1 aliphatic carbocycles. The lowest BCUT2D eigenvalue weighted by Crippen LogP contribution is -2.57. The fourth-order valence-corrected chi connectivity index (χ4v) is 3.87. The Morgan fingerprint density at radius 3 is 2.74 bits per heavy atom. The van der Waals surface area contributed by atoms with Crippen molar-refractivity contribution in [1.29, 1.82) is 0 Å². The smallest absolute Gasteiger partial charge is 0.331 e. The highest BCUT2D eigenvalue weighted by Gasteiger charge is 2.42. The summed E-state index contributed by atoms with van der Waals surface area (Å²) in [6, 6.07) is 5.22. The van der Waals surface area contributed by atoms with E-state index in [1.165, 1.54) is 10.9 Å². The first-order chi connectivity index (χ1) is 12.9. The second-order valence-corrected chi connectivity index (χ2v) is 7.67. The second-order valence-electron chi connectivity index (χ2n) is 6.75. The maximum Gasteiger partial charge on any atom is 0.331 e. The van der Waals surface area contributed by atoms with Crippen LogP contribution in [0.1, 0.15) is 39.0 Å². The maximum absolute atomic E-state index is 12.7. The molecule has 1 N–H and O–H groups in total. The van der Waals surface area contributed by atoms with Crippen molar-refractivity contribution in [2.75, 3.05) is 6.61 Å². The van der Waals surface area contributed by atoms with Crippen LogP contribution in [0.4, 0.5) is 0 Å². The summed E-state index contributed by atoms with van der Waals surface area (Å²) in [6.45, 7) is 1.81. The first kappa shape index (κ1) is 19.5. The molecule has 1 fully saturated rings. The Hall–Kier alpha value is -2.22. The van der Waals surface area contributed by atoms with E-state index >= 15 is 0 Å². The van der Waals surface area contributed by atoms with E-state index in [1.807, 2.05) is 0 Å². The predicted molar refractivity (Wildman–Crippen MR) is 104 cm³/mol. The van der Waals surface area contributed by atoms with E-state index in [4.69, 9.17) is 4.74 Å². The number of amides is 1. The summed E-state index contributed by atoms with van der Waals surface area (Å²) in [4.78, 5) is 42.0. The first-order valence-electron chi connectivity index (χ1n) is 9.08. The fraction of sp³-hybridized carbons (Fsp3) is 0.474. The van der Waals surface area contributed by atoms with Gasteiger partial charge in [-0.1, -0.05) is 35.2 Å². The number of carbonyl (C=O) groups is 2. The number of carbonyl (C=O) groups excluding carboxylic acids is 2. The van der Waals surface area contributed by atoms with Gasteiger partial charge >= 0.3 is 5.97 Å². The van der Waals surface area contributed by atoms with Crippen LogP contribution in [-0.2, 0) is 20.9 Å². The number of fused-ring (bicyclic) bond motifs is 1. The lowest BCUT2D eigenvalue weighted by molar-refractivity contribution is -0.155. The topological polar surface area (TPSA) is 90.3 Å². The van der Waals surface area contributed by atoms with Crippen molar-refractivity contribution >= 4 is 38.7 Å². The standard InChI is InChI=1S/C19H22BrN3O4/c1-2-27-18(26)19(8-4-3-5-9-19)22-16(24)11-23-12-21-15-7-6-13(20)10-14(15)17(23)25/h6-7,10,12H,2-5,8-9,11H2,1H3,(H,22,24). The molecule has 1 amide bonds. The van der Waals surface area contributed by atoms with Gasteiger partial charge in [0.05, 0.1) is 23.8 Å². The largest absolute Gasteiger partial charge is 0.464 e. The van der Waals surface area contributed by atoms with Crippen molar-refractivity contribution in [3.05, 3.63) is 39.4 Å². The Morgan fingerprint density at radius 2 is 2.04 bits per heavy atom. The highest BCUT2D eigenvalue weighted by Crippen LogP contribution is 2.29. The molecule has 0 bridgehead atoms. The molecular weight excluding hydrogens is 414 g/mol. The number of halogens is 1. The minimum absolute atomic E-state index is 0.199. The van der Waals surface area contributed by atoms with Crippen LogP contribution < -0.4 is 10.9 Å². The molecule has 27 heavy (non-hydrogen) atoms. The zero-order valence-corrected chi connectivity index (χ0v) is 16.8. The molecule has 0 radical (unpaired) electrons. The maximum atomic E-state index is 12.7. The predicted octanol–water partition coefficient (Wildman–Crippen LogP) is 2.54. The van der Waals surface area contributed by atoms with Crippen molar-refractivity contribution in [1.82, 2.24) is 14.9 Å². The summed E-state index contributed by atoms with van der Waals surface area (Å²) >= 11 is 3.34. The van der Waals surface area contributed by atoms with E-state index in [0.717, 1.165) is 23.7 Å². The average molecular weight is 436 g/mol. The number of hydrogen-bond donors (Lipinski definition) is 1. The molecule has 1 heterocycles. The molecule has 1 saturated carbocycles. The van der Waals surface area contributed by atoms with Crippen molar-refractivity contribution in [2.45, 2.75) is 51.1 Å². The summed E-state index contributed by atoms with van der Waals surface area (Å²) in [7, 11) is 0. The third kappa shape index (κ3) is 4.21. The van der Waals surface area contributed by atoms with E-state index in [0.29, 0.717) is 23.7 Å². The number of nitrogens with zero attached hydrogens (tertiary/aromatic N) is 2. The highest BCUT2D eigenvalue weighted by atomic mass is 79.9. The molecule has 2 aromatic rings. The molecule has 1 aromatic heterocycles. The number of ether oxygens (including phenoxy) is 1. The zero-order chi connectivity index (χ0) is 19.4. The molecule has 0 spiro atoms. The van der Waals surface area contributed by atoms with Crippen LogP contribution in [0.2, 0.25) is 0 Å². The molecule has 0 unspecified atom stereocenters. The van der Waals surface area contributed by atoms with Crippen LogP contribution in [0, 0.1) is 0 Å². The number of nitrogens with one attached hydrogen (secondary N) is 1. The van der Waals surface area contributed by atoms with Crippen molar-refractivity contribution < 1.29 is 14.3 Å². The molecule has 1 aromatic carbocycles. The van der Waals surface area contributed by atoms with Gasteiger partial charge in [-0.15, -0.1) is 0 Å². The van der Waals surface area contributed by atoms with Gasteiger partial charge in [0.1, 0.15) is 12.1 Å². The molecular formula is C19H22BrN3O4. The first-order valence-corrected chi connectivity index (χ1v) is 9.87. The minimum atomic E-state index is -0.998. The average Bonchev–Trinajstić information content (AvgIpc) is 2.65. The van der Waals surface area contributed by atoms with E-state index in [-0.39, 0.29) is 18.7 Å². The second kappa shape index (κ2) is 8.21. The number of benzene rings is 1. The Bertz CT molecular complexity index is 919. The third-order valence-electron chi connectivity index (χ3n) is 4.85. The molecule has 144 valence electrons. The van der Waals surface area contributed by atoms with E-state index in [9.17, 15) is 14.4 Å². The minimum Gasteiger partial charge on any atom is -0.464 e. The van der Waals surface area contributed by atoms with Crippen molar-refractivity contribution in [3.8, 4) is 0 Å². The summed E-state index contributed by atoms with van der Waals surface area (Å²) < 4.78 is 7.21. The van der Waals surface area contributed by atoms with Crippen LogP contribution in [0.25, 0.3) is 10.9 Å². The van der Waals surface area contributed by atoms with Crippen LogP contribution in [-0.4, -0.2) is 33.6 Å². The highest BCUT2D eigenvalue weighted by molar-refractivity contribution is 9.10. The molecule has 0 aliphatic heterocycles. The number of hydrogen-bond acceptors (Lipinski definition) is 5. The van der Waals surface area contributed by atoms with Crippen molar-refractivity contribution in [2.24, 2.45) is 0 Å². The molecule has 0 saturated heterocycles. The molecule has 0 atom stereocenters. The zero-order valence-electron chi connectivity index (χ0n) is 15.2. The molecule has 7 nitrogen and oxygen atoms in total. The van der Waals surface area contributed by atoms with Gasteiger partial charge in [0.25, 0.3) is 5.56 Å². The lowest BCUT2D eigenvalue weighted by atomic mass is 9.81. The summed E-state index contributed by atoms with van der Waals surface area (Å²) in [5.41, 5.74) is -0.733. The summed E-state index contributed by atoms with van der Waals surface area (Å²) in [5, 5.41) is 3.27. The van der Waals surface area contributed by atoms with Crippen LogP contribution in [0.3, 0.4) is 0 Å². The van der Waals surface area contributed by atoms with E-state index in [1.54, 1.807) is 25.1 Å². The number of aromatic nitrogens is 2. The Kier molecular flexibility index (Phi) is 5.94. The normalized spacial score (nSPS) is 16.1. The SMILES string of the molecule is CCOC(=O)C1(NC(=O)Cn2cnc3ccc(Br)cc3c2=O)CCCCC1. The fourth-order valence-electron chi connectivity index (χ4n) is 3.51. The van der Waals surface area contributed by atoms with Crippen molar-refractivity contribution in [3.63, 3.8) is 0 Å². The van der Waals surface area contributed by atoms with Gasteiger partial charge in [-0.25, -0.2) is 9.78 Å². The quantitative estimate of drug-likeness (QED) is 0.728. The summed E-state index contributed by atoms with van der Waals surface area (Å²) in [5.74, 6) is -0.797. The summed E-state index contributed by atoms with van der Waals surface area (Å²) in [6.07, 6.45) is 5.19. The molecule has 1 aliphatic rings. The Balaban J connectivity index is 1.82. The monoisotopic (exact) mass is 435 g/mol. The van der Waals surface area contributed by atoms with Gasteiger partial charge in [0.15, 0.2) is 0 Å². The van der Waals surface area contributed by atoms with Crippen LogP contribution >= 0.6 is 15.9 Å². The number of rotatable bonds is 5.